The number of hydrogen-bond donors (Lipinski definition) is 1. The minimum atomic E-state index is -3.36. The summed E-state index contributed by atoms with van der Waals surface area (Å²) in [6.45, 7) is 7.38. The number of hydrogen-bond acceptors (Lipinski definition) is 4. The van der Waals surface area contributed by atoms with Gasteiger partial charge in [0.05, 0.1) is 11.4 Å². The highest BCUT2D eigenvalue weighted by molar-refractivity contribution is 7.89. The van der Waals surface area contributed by atoms with Crippen molar-refractivity contribution in [1.82, 2.24) is 14.5 Å². The number of rotatable bonds is 8. The Kier molecular flexibility index (Phi) is 8.53. The third-order valence-corrected chi connectivity index (χ3v) is 7.86. The van der Waals surface area contributed by atoms with Gasteiger partial charge in [0.2, 0.25) is 10.0 Å². The van der Waals surface area contributed by atoms with Crippen LogP contribution in [0.4, 0.5) is 0 Å². The highest BCUT2D eigenvalue weighted by Gasteiger charge is 2.26. The van der Waals surface area contributed by atoms with Crippen LogP contribution in [0.1, 0.15) is 44.6 Å². The Morgan fingerprint density at radius 1 is 1.20 bits per heavy atom. The van der Waals surface area contributed by atoms with Crippen molar-refractivity contribution in [1.29, 1.82) is 0 Å². The van der Waals surface area contributed by atoms with Gasteiger partial charge in [0, 0.05) is 46.4 Å². The van der Waals surface area contributed by atoms with Gasteiger partial charge in [-0.1, -0.05) is 12.1 Å². The molecule has 7 nitrogen and oxygen atoms in total. The maximum Gasteiger partial charge on any atom is 0.243 e. The molecule has 0 aliphatic carbocycles. The second-order valence-corrected chi connectivity index (χ2v) is 10.1. The molecule has 0 amide bonds. The fourth-order valence-electron chi connectivity index (χ4n) is 4.00. The molecule has 2 fully saturated rings. The first-order chi connectivity index (χ1) is 14.5. The monoisotopic (exact) mass is 436 g/mol. The quantitative estimate of drug-likeness (QED) is 0.501. The Morgan fingerprint density at radius 2 is 1.87 bits per heavy atom. The van der Waals surface area contributed by atoms with Gasteiger partial charge in [-0.2, -0.15) is 4.31 Å². The largest absolute Gasteiger partial charge is 0.381 e. The van der Waals surface area contributed by atoms with Crippen molar-refractivity contribution in [2.45, 2.75) is 50.5 Å². The van der Waals surface area contributed by atoms with Crippen LogP contribution in [0.5, 0.6) is 0 Å². The van der Waals surface area contributed by atoms with Crippen molar-refractivity contribution in [2.24, 2.45) is 10.9 Å². The van der Waals surface area contributed by atoms with E-state index in [1.807, 2.05) is 12.1 Å². The molecule has 0 atom stereocenters. The third kappa shape index (κ3) is 6.18. The summed E-state index contributed by atoms with van der Waals surface area (Å²) >= 11 is 0. The minimum Gasteiger partial charge on any atom is -0.381 e. The van der Waals surface area contributed by atoms with Crippen molar-refractivity contribution in [3.8, 4) is 0 Å². The van der Waals surface area contributed by atoms with Gasteiger partial charge in [-0.3, -0.25) is 0 Å². The summed E-state index contributed by atoms with van der Waals surface area (Å²) < 4.78 is 32.4. The number of ether oxygens (including phenoxy) is 1. The molecule has 30 heavy (non-hydrogen) atoms. The Morgan fingerprint density at radius 3 is 2.50 bits per heavy atom. The molecular formula is C22H36N4O3S. The van der Waals surface area contributed by atoms with Crippen molar-refractivity contribution < 1.29 is 13.2 Å². The maximum absolute atomic E-state index is 12.7. The first-order valence-corrected chi connectivity index (χ1v) is 12.6. The molecule has 1 N–H and O–H groups in total. The van der Waals surface area contributed by atoms with Crippen LogP contribution in [-0.2, 0) is 21.3 Å². The summed E-state index contributed by atoms with van der Waals surface area (Å²) in [4.78, 5) is 7.32. The maximum atomic E-state index is 12.7. The van der Waals surface area contributed by atoms with E-state index in [9.17, 15) is 8.42 Å². The van der Waals surface area contributed by atoms with Crippen LogP contribution in [0.25, 0.3) is 0 Å². The molecule has 3 rings (SSSR count). The third-order valence-electron chi connectivity index (χ3n) is 5.95. The molecule has 168 valence electrons. The summed E-state index contributed by atoms with van der Waals surface area (Å²) in [7, 11) is -1.28. The Balaban J connectivity index is 1.58. The van der Waals surface area contributed by atoms with Crippen LogP contribution < -0.4 is 5.32 Å². The molecule has 0 radical (unpaired) electrons. The van der Waals surface area contributed by atoms with E-state index in [4.69, 9.17) is 9.73 Å². The van der Waals surface area contributed by atoms with Gasteiger partial charge in [0.1, 0.15) is 0 Å². The summed E-state index contributed by atoms with van der Waals surface area (Å²) in [6.07, 6.45) is 5.33. The van der Waals surface area contributed by atoms with Crippen molar-refractivity contribution in [2.75, 3.05) is 46.4 Å². The zero-order valence-electron chi connectivity index (χ0n) is 18.3. The van der Waals surface area contributed by atoms with Crippen molar-refractivity contribution in [3.05, 3.63) is 29.8 Å². The lowest BCUT2D eigenvalue weighted by molar-refractivity contribution is 0.0625. The van der Waals surface area contributed by atoms with Crippen LogP contribution >= 0.6 is 0 Å². The number of nitrogens with one attached hydrogen (secondary N) is 1. The molecule has 2 heterocycles. The van der Waals surface area contributed by atoms with Gasteiger partial charge in [-0.25, -0.2) is 13.4 Å². The second kappa shape index (κ2) is 11.1. The van der Waals surface area contributed by atoms with Crippen LogP contribution in [0.15, 0.2) is 34.2 Å². The van der Waals surface area contributed by atoms with E-state index in [0.717, 1.165) is 75.8 Å². The molecule has 1 aromatic carbocycles. The van der Waals surface area contributed by atoms with Gasteiger partial charge >= 0.3 is 0 Å². The van der Waals surface area contributed by atoms with Gasteiger partial charge in [0.15, 0.2) is 5.96 Å². The van der Waals surface area contributed by atoms with Gasteiger partial charge in [-0.15, -0.1) is 0 Å². The van der Waals surface area contributed by atoms with Crippen LogP contribution in [0.3, 0.4) is 0 Å². The lowest BCUT2D eigenvalue weighted by Gasteiger charge is -2.26. The lowest BCUT2D eigenvalue weighted by Crippen LogP contribution is -2.40. The average Bonchev–Trinajstić information content (AvgIpc) is 3.32. The van der Waals surface area contributed by atoms with Crippen molar-refractivity contribution in [3.63, 3.8) is 0 Å². The first-order valence-electron chi connectivity index (χ1n) is 11.2. The second-order valence-electron chi connectivity index (χ2n) is 8.19. The normalized spacial score (nSPS) is 19.2. The lowest BCUT2D eigenvalue weighted by atomic mass is 9.96. The summed E-state index contributed by atoms with van der Waals surface area (Å²) in [6, 6.07) is 7.16. The molecule has 0 saturated carbocycles. The Labute approximate surface area is 181 Å². The highest BCUT2D eigenvalue weighted by Crippen LogP contribution is 2.21. The van der Waals surface area contributed by atoms with E-state index in [1.165, 1.54) is 0 Å². The standard InChI is InChI=1S/C22H36N4O3S/c1-3-23-22(25(2)15-10-19-11-16-29-17-12-19)24-18-20-6-8-21(9-7-20)30(27,28)26-13-4-5-14-26/h6-9,19H,3-5,10-18H2,1-2H3,(H,23,24). The summed E-state index contributed by atoms with van der Waals surface area (Å²) in [5.41, 5.74) is 1.00. The predicted octanol–water partition coefficient (Wildman–Crippen LogP) is 2.69. The van der Waals surface area contributed by atoms with Gasteiger partial charge in [-0.05, 0) is 62.6 Å². The topological polar surface area (TPSA) is 74.2 Å². The van der Waals surface area contributed by atoms with E-state index in [1.54, 1.807) is 16.4 Å². The van der Waals surface area contributed by atoms with Crippen LogP contribution in [0, 0.1) is 5.92 Å². The van der Waals surface area contributed by atoms with Crippen LogP contribution in [0.2, 0.25) is 0 Å². The molecule has 2 aliphatic rings. The molecule has 1 aromatic rings. The van der Waals surface area contributed by atoms with Gasteiger partial charge < -0.3 is 15.0 Å². The predicted molar refractivity (Wildman–Crippen MR) is 120 cm³/mol. The summed E-state index contributed by atoms with van der Waals surface area (Å²) in [5.74, 6) is 1.62. The molecule has 0 spiro atoms. The molecule has 0 bridgehead atoms. The number of nitrogens with zero attached hydrogens (tertiary/aromatic N) is 3. The van der Waals surface area contributed by atoms with Crippen molar-refractivity contribution >= 4 is 16.0 Å². The first kappa shape index (κ1) is 23.0. The zero-order valence-corrected chi connectivity index (χ0v) is 19.2. The fraction of sp³-hybridized carbons (Fsp3) is 0.682. The Bertz CT molecular complexity index is 783. The highest BCUT2D eigenvalue weighted by atomic mass is 32.2. The summed E-state index contributed by atoms with van der Waals surface area (Å²) in [5, 5.41) is 3.36. The number of benzene rings is 1. The molecule has 2 saturated heterocycles. The molecule has 0 unspecified atom stereocenters. The SMILES string of the molecule is CCNC(=NCc1ccc(S(=O)(=O)N2CCCC2)cc1)N(C)CCC1CCOCC1. The van der Waals surface area contributed by atoms with Gasteiger partial charge in [0.25, 0.3) is 0 Å². The van der Waals surface area contributed by atoms with E-state index in [2.05, 4.69) is 24.2 Å². The van der Waals surface area contributed by atoms with Crippen LogP contribution in [-0.4, -0.2) is 70.0 Å². The van der Waals surface area contributed by atoms with E-state index in [0.29, 0.717) is 24.5 Å². The number of aliphatic imine (C=N–C) groups is 1. The average molecular weight is 437 g/mol. The molecule has 8 heteroatoms. The van der Waals surface area contributed by atoms with E-state index < -0.39 is 10.0 Å². The van der Waals surface area contributed by atoms with E-state index in [-0.39, 0.29) is 0 Å². The molecule has 0 aromatic heterocycles. The molecular weight excluding hydrogens is 400 g/mol. The Hall–Kier alpha value is -1.64. The fourth-order valence-corrected chi connectivity index (χ4v) is 5.51. The minimum absolute atomic E-state index is 0.373. The number of sulfonamides is 1. The number of guanidine groups is 1. The smallest absolute Gasteiger partial charge is 0.243 e. The zero-order chi connectivity index (χ0) is 21.4. The molecule has 2 aliphatic heterocycles. The van der Waals surface area contributed by atoms with E-state index >= 15 is 0 Å².